The Morgan fingerprint density at radius 3 is 2.26 bits per heavy atom. The number of quaternary nitrogens is 1. The Hall–Kier alpha value is -3.24. The predicted octanol–water partition coefficient (Wildman–Crippen LogP) is 4.83. The second-order valence-corrected chi connectivity index (χ2v) is 11.2. The molecule has 8 rings (SSSR count). The Labute approximate surface area is 237 Å². The Morgan fingerprint density at radius 1 is 0.923 bits per heavy atom. The number of fused-ring (bicyclic) bond motifs is 6. The summed E-state index contributed by atoms with van der Waals surface area (Å²) < 4.78 is 0.906. The van der Waals surface area contributed by atoms with Crippen molar-refractivity contribution in [2.24, 2.45) is 11.8 Å². The van der Waals surface area contributed by atoms with Crippen LogP contribution in [0.5, 0.6) is 0 Å². The summed E-state index contributed by atoms with van der Waals surface area (Å²) in [4.78, 5) is 4.57. The highest BCUT2D eigenvalue weighted by molar-refractivity contribution is 6.02. The van der Waals surface area contributed by atoms with Gasteiger partial charge in [0.05, 0.1) is 18.6 Å². The SMILES string of the molecule is C.C=CC1C[N+]2(Cc3c4ccccc4cc4ccccc34)CCC1CC2[C@H](O)c1ccnc2ccccc12.[Cl-]. The zero-order valence-corrected chi connectivity index (χ0v) is 22.3. The molecule has 5 aromatic rings. The highest BCUT2D eigenvalue weighted by atomic mass is 35.5. The molecule has 0 spiro atoms. The molecule has 1 aromatic heterocycles. The monoisotopic (exact) mass is 536 g/mol. The van der Waals surface area contributed by atoms with Gasteiger partial charge in [-0.1, -0.05) is 80.2 Å². The minimum Gasteiger partial charge on any atom is -1.00 e. The number of pyridine rings is 1. The maximum atomic E-state index is 12.1. The van der Waals surface area contributed by atoms with E-state index in [0.717, 1.165) is 47.0 Å². The Morgan fingerprint density at radius 2 is 1.56 bits per heavy atom. The third-order valence-electron chi connectivity index (χ3n) is 9.40. The van der Waals surface area contributed by atoms with Gasteiger partial charge in [0.2, 0.25) is 0 Å². The fourth-order valence-electron chi connectivity index (χ4n) is 7.56. The van der Waals surface area contributed by atoms with Crippen molar-refractivity contribution in [3.63, 3.8) is 0 Å². The van der Waals surface area contributed by atoms with Gasteiger partial charge in [0.1, 0.15) is 18.7 Å². The molecule has 3 aliphatic heterocycles. The summed E-state index contributed by atoms with van der Waals surface area (Å²) >= 11 is 0. The van der Waals surface area contributed by atoms with Crippen molar-refractivity contribution in [1.29, 1.82) is 0 Å². The van der Waals surface area contributed by atoms with Gasteiger partial charge in [0, 0.05) is 35.9 Å². The van der Waals surface area contributed by atoms with Gasteiger partial charge >= 0.3 is 0 Å². The molecule has 4 unspecified atom stereocenters. The molecule has 1 N–H and O–H groups in total. The fourth-order valence-corrected chi connectivity index (χ4v) is 7.56. The van der Waals surface area contributed by atoms with Crippen molar-refractivity contribution in [1.82, 2.24) is 4.98 Å². The summed E-state index contributed by atoms with van der Waals surface area (Å²) in [5, 5.41) is 18.4. The summed E-state index contributed by atoms with van der Waals surface area (Å²) in [5.74, 6) is 1.09. The molecule has 4 heteroatoms. The standard InChI is InChI=1S/C34H33N2O.CH4.ClH/c1-2-23-21-36(22-31-27-11-5-3-9-25(27)19-26-10-4-6-12-28(26)31)18-16-24(23)20-33(36)34(37)30-15-17-35-32-14-8-7-13-29(30)32;;/h2-15,17,19,23-24,33-34,37H,1,16,18,20-22H2;1H4;1H/q+1;;/p-1/t23?,24?,33?,34-,36?;;/m1../s1. The van der Waals surface area contributed by atoms with Gasteiger partial charge in [-0.25, -0.2) is 0 Å². The van der Waals surface area contributed by atoms with Crippen LogP contribution in [0.25, 0.3) is 32.4 Å². The van der Waals surface area contributed by atoms with E-state index in [9.17, 15) is 5.11 Å². The molecule has 3 aliphatic rings. The first-order valence-electron chi connectivity index (χ1n) is 13.6. The number of benzene rings is 4. The quantitative estimate of drug-likeness (QED) is 0.198. The average molecular weight is 537 g/mol. The summed E-state index contributed by atoms with van der Waals surface area (Å²) in [7, 11) is 0. The van der Waals surface area contributed by atoms with Gasteiger partial charge in [0.15, 0.2) is 0 Å². The summed E-state index contributed by atoms with van der Waals surface area (Å²) in [5.41, 5.74) is 3.37. The molecule has 0 saturated carbocycles. The molecular weight excluding hydrogens is 500 g/mol. The zero-order chi connectivity index (χ0) is 25.0. The van der Waals surface area contributed by atoms with Gasteiger partial charge in [-0.2, -0.15) is 0 Å². The molecule has 3 fully saturated rings. The lowest BCUT2D eigenvalue weighted by Crippen LogP contribution is -3.00. The van der Waals surface area contributed by atoms with Gasteiger partial charge in [-0.15, -0.1) is 6.58 Å². The largest absolute Gasteiger partial charge is 1.00 e. The van der Waals surface area contributed by atoms with Crippen LogP contribution in [0.3, 0.4) is 0 Å². The van der Waals surface area contributed by atoms with E-state index >= 15 is 0 Å². The number of hydrogen-bond acceptors (Lipinski definition) is 2. The molecule has 39 heavy (non-hydrogen) atoms. The van der Waals surface area contributed by atoms with E-state index in [2.05, 4.69) is 78.3 Å². The van der Waals surface area contributed by atoms with E-state index < -0.39 is 6.10 Å². The van der Waals surface area contributed by atoms with Crippen LogP contribution in [0.2, 0.25) is 0 Å². The molecule has 4 aromatic carbocycles. The number of aliphatic hydroxyl groups excluding tert-OH is 1. The summed E-state index contributed by atoms with van der Waals surface area (Å²) in [6, 6.07) is 30.3. The zero-order valence-electron chi connectivity index (χ0n) is 21.5. The molecular formula is C35H37ClN2O. The van der Waals surface area contributed by atoms with E-state index in [1.54, 1.807) is 0 Å². The number of aromatic nitrogens is 1. The van der Waals surface area contributed by atoms with Crippen LogP contribution >= 0.6 is 0 Å². The topological polar surface area (TPSA) is 33.1 Å². The molecule has 5 atom stereocenters. The van der Waals surface area contributed by atoms with Crippen molar-refractivity contribution in [2.75, 3.05) is 13.1 Å². The van der Waals surface area contributed by atoms with Crippen molar-refractivity contribution in [2.45, 2.75) is 39.0 Å². The Bertz CT molecular complexity index is 1590. The van der Waals surface area contributed by atoms with Crippen molar-refractivity contribution in [3.05, 3.63) is 115 Å². The first-order chi connectivity index (χ1) is 18.2. The third-order valence-corrected chi connectivity index (χ3v) is 9.40. The van der Waals surface area contributed by atoms with Gasteiger partial charge in [0.25, 0.3) is 0 Å². The number of hydrogen-bond donors (Lipinski definition) is 1. The molecule has 3 nitrogen and oxygen atoms in total. The molecule has 4 heterocycles. The fraction of sp³-hybridized carbons (Fsp3) is 0.286. The van der Waals surface area contributed by atoms with Crippen LogP contribution in [0.4, 0.5) is 0 Å². The average Bonchev–Trinajstić information content (AvgIpc) is 2.96. The lowest BCUT2D eigenvalue weighted by Gasteiger charge is -2.58. The van der Waals surface area contributed by atoms with Crippen molar-refractivity contribution >= 4 is 32.4 Å². The van der Waals surface area contributed by atoms with Gasteiger partial charge in [-0.05, 0) is 51.2 Å². The lowest BCUT2D eigenvalue weighted by atomic mass is 9.71. The summed E-state index contributed by atoms with van der Waals surface area (Å²) in [6.45, 7) is 7.28. The lowest BCUT2D eigenvalue weighted by molar-refractivity contribution is -0.984. The van der Waals surface area contributed by atoms with Crippen molar-refractivity contribution in [3.8, 4) is 0 Å². The maximum absolute atomic E-state index is 12.1. The smallest absolute Gasteiger partial charge is 0.131 e. The van der Waals surface area contributed by atoms with Crippen LogP contribution in [0.15, 0.2) is 104 Å². The van der Waals surface area contributed by atoms with Crippen LogP contribution in [0, 0.1) is 11.8 Å². The first kappa shape index (κ1) is 27.3. The molecule has 0 amide bonds. The van der Waals surface area contributed by atoms with Crippen LogP contribution in [0.1, 0.15) is 37.5 Å². The minimum absolute atomic E-state index is 0. The number of piperidine rings is 3. The number of rotatable bonds is 5. The van der Waals surface area contributed by atoms with E-state index in [1.165, 1.54) is 33.5 Å². The molecule has 0 radical (unpaired) electrons. The highest BCUT2D eigenvalue weighted by Gasteiger charge is 2.54. The van der Waals surface area contributed by atoms with E-state index in [4.69, 9.17) is 0 Å². The second-order valence-electron chi connectivity index (χ2n) is 11.2. The second kappa shape index (κ2) is 10.7. The van der Waals surface area contributed by atoms with Crippen molar-refractivity contribution < 1.29 is 22.0 Å². The predicted molar refractivity (Wildman–Crippen MR) is 159 cm³/mol. The van der Waals surface area contributed by atoms with Gasteiger partial charge < -0.3 is 22.0 Å². The van der Waals surface area contributed by atoms with Crippen LogP contribution < -0.4 is 12.4 Å². The number of nitrogens with zero attached hydrogens (tertiary/aromatic N) is 2. The number of aliphatic hydroxyl groups is 1. The highest BCUT2D eigenvalue weighted by Crippen LogP contribution is 2.49. The van der Waals surface area contributed by atoms with E-state index in [1.807, 2.05) is 30.5 Å². The van der Waals surface area contributed by atoms with Crippen LogP contribution in [-0.4, -0.2) is 33.7 Å². The third kappa shape index (κ3) is 4.43. The van der Waals surface area contributed by atoms with E-state index in [0.29, 0.717) is 11.8 Å². The Balaban J connectivity index is 0.00000154. The maximum Gasteiger partial charge on any atom is 0.131 e. The number of halogens is 1. The molecule has 2 bridgehead atoms. The molecule has 0 aliphatic carbocycles. The summed E-state index contributed by atoms with van der Waals surface area (Å²) in [6.07, 6.45) is 5.72. The van der Waals surface area contributed by atoms with Gasteiger partial charge in [-0.3, -0.25) is 4.98 Å². The Kier molecular flexibility index (Phi) is 7.52. The van der Waals surface area contributed by atoms with Crippen LogP contribution in [-0.2, 0) is 6.54 Å². The molecule has 3 saturated heterocycles. The van der Waals surface area contributed by atoms with E-state index in [-0.39, 0.29) is 25.9 Å². The first-order valence-corrected chi connectivity index (χ1v) is 13.6. The normalized spacial score (nSPS) is 24.7. The molecule has 200 valence electrons. The minimum atomic E-state index is -0.539. The number of para-hydroxylation sites is 1.